The first kappa shape index (κ1) is 13.1. The van der Waals surface area contributed by atoms with Crippen LogP contribution in [0, 0.1) is 5.92 Å². The normalized spacial score (nSPS) is 24.6. The maximum Gasteiger partial charge on any atom is 0.0980 e. The van der Waals surface area contributed by atoms with Gasteiger partial charge in [-0.05, 0) is 36.4 Å². The van der Waals surface area contributed by atoms with Crippen molar-refractivity contribution < 1.29 is 4.74 Å². The molecule has 1 N–H and O–H groups in total. The van der Waals surface area contributed by atoms with Crippen LogP contribution in [0.15, 0.2) is 24.3 Å². The number of nitrogens with one attached hydrogen (secondary N) is 1. The molecule has 1 aliphatic heterocycles. The van der Waals surface area contributed by atoms with E-state index in [-0.39, 0.29) is 6.10 Å². The second-order valence-corrected chi connectivity index (χ2v) is 5.94. The van der Waals surface area contributed by atoms with E-state index in [4.69, 9.17) is 4.74 Å². The molecule has 1 saturated carbocycles. The summed E-state index contributed by atoms with van der Waals surface area (Å²) in [5.41, 5.74) is 2.90. The Morgan fingerprint density at radius 2 is 2.16 bits per heavy atom. The van der Waals surface area contributed by atoms with Crippen LogP contribution in [-0.2, 0) is 11.2 Å². The fraction of sp³-hybridized carbons (Fsp3) is 0.647. The molecule has 0 radical (unpaired) electrons. The predicted molar refractivity (Wildman–Crippen MR) is 78.3 cm³/mol. The highest BCUT2D eigenvalue weighted by molar-refractivity contribution is 5.32. The first-order valence-electron chi connectivity index (χ1n) is 7.81. The van der Waals surface area contributed by atoms with Crippen LogP contribution in [0.2, 0.25) is 0 Å². The third-order valence-electron chi connectivity index (χ3n) is 4.67. The van der Waals surface area contributed by atoms with Gasteiger partial charge in [0.1, 0.15) is 0 Å². The van der Waals surface area contributed by atoms with Gasteiger partial charge in [-0.25, -0.2) is 0 Å². The first-order valence-corrected chi connectivity index (χ1v) is 7.81. The van der Waals surface area contributed by atoms with Gasteiger partial charge in [0.25, 0.3) is 0 Å². The van der Waals surface area contributed by atoms with E-state index in [0.717, 1.165) is 25.5 Å². The zero-order valence-electron chi connectivity index (χ0n) is 11.9. The highest BCUT2D eigenvalue weighted by Crippen LogP contribution is 2.36. The third-order valence-corrected chi connectivity index (χ3v) is 4.67. The highest BCUT2D eigenvalue weighted by Gasteiger charge is 2.31. The molecule has 0 bridgehead atoms. The molecular formula is C17H25NO. The average Bonchev–Trinajstić information content (AvgIpc) is 2.41. The Balaban J connectivity index is 1.77. The standard InChI is InChI=1S/C17H25NO/c1-2-18-16(12-13-6-5-7-13)17-15-9-4-3-8-14(15)10-11-19-17/h3-4,8-9,13,16-18H,2,5-7,10-12H2,1H3. The van der Waals surface area contributed by atoms with E-state index >= 15 is 0 Å². The summed E-state index contributed by atoms with van der Waals surface area (Å²) in [5, 5.41) is 3.67. The monoisotopic (exact) mass is 259 g/mol. The lowest BCUT2D eigenvalue weighted by molar-refractivity contribution is 0.00621. The molecule has 2 nitrogen and oxygen atoms in total. The molecule has 1 aliphatic carbocycles. The molecular weight excluding hydrogens is 234 g/mol. The molecule has 2 atom stereocenters. The lowest BCUT2D eigenvalue weighted by atomic mass is 9.78. The van der Waals surface area contributed by atoms with Gasteiger partial charge >= 0.3 is 0 Å². The number of hydrogen-bond donors (Lipinski definition) is 1. The second kappa shape index (κ2) is 6.06. The molecule has 1 aromatic carbocycles. The van der Waals surface area contributed by atoms with E-state index in [1.807, 2.05) is 0 Å². The molecule has 2 unspecified atom stereocenters. The Bertz CT molecular complexity index is 413. The van der Waals surface area contributed by atoms with Gasteiger partial charge in [-0.3, -0.25) is 0 Å². The van der Waals surface area contributed by atoms with E-state index < -0.39 is 0 Å². The van der Waals surface area contributed by atoms with Crippen molar-refractivity contribution in [3.05, 3.63) is 35.4 Å². The van der Waals surface area contributed by atoms with Crippen molar-refractivity contribution in [2.75, 3.05) is 13.2 Å². The molecule has 0 aromatic heterocycles. The van der Waals surface area contributed by atoms with Crippen molar-refractivity contribution in [2.45, 2.75) is 51.2 Å². The summed E-state index contributed by atoms with van der Waals surface area (Å²) in [7, 11) is 0. The lowest BCUT2D eigenvalue weighted by Crippen LogP contribution is -2.40. The molecule has 1 aromatic rings. The maximum atomic E-state index is 6.13. The lowest BCUT2D eigenvalue weighted by Gasteiger charge is -2.37. The summed E-state index contributed by atoms with van der Waals surface area (Å²) >= 11 is 0. The number of fused-ring (bicyclic) bond motifs is 1. The Morgan fingerprint density at radius 3 is 2.89 bits per heavy atom. The minimum atomic E-state index is 0.255. The van der Waals surface area contributed by atoms with E-state index in [1.54, 1.807) is 0 Å². The SMILES string of the molecule is CCNC(CC1CCC1)C1OCCc2ccccc21. The molecule has 104 valence electrons. The summed E-state index contributed by atoms with van der Waals surface area (Å²) in [5.74, 6) is 0.918. The molecule has 3 rings (SSSR count). The second-order valence-electron chi connectivity index (χ2n) is 5.94. The average molecular weight is 259 g/mol. The van der Waals surface area contributed by atoms with E-state index in [9.17, 15) is 0 Å². The van der Waals surface area contributed by atoms with Crippen LogP contribution in [0.3, 0.4) is 0 Å². The molecule has 1 fully saturated rings. The topological polar surface area (TPSA) is 21.3 Å². The van der Waals surface area contributed by atoms with Crippen LogP contribution in [0.4, 0.5) is 0 Å². The van der Waals surface area contributed by atoms with Crippen molar-refractivity contribution in [1.29, 1.82) is 0 Å². The van der Waals surface area contributed by atoms with Gasteiger partial charge < -0.3 is 10.1 Å². The Morgan fingerprint density at radius 1 is 1.32 bits per heavy atom. The largest absolute Gasteiger partial charge is 0.372 e. The minimum Gasteiger partial charge on any atom is -0.372 e. The van der Waals surface area contributed by atoms with Crippen molar-refractivity contribution in [3.63, 3.8) is 0 Å². The molecule has 19 heavy (non-hydrogen) atoms. The smallest absolute Gasteiger partial charge is 0.0980 e. The van der Waals surface area contributed by atoms with Gasteiger partial charge in [0.15, 0.2) is 0 Å². The molecule has 1 heterocycles. The number of hydrogen-bond acceptors (Lipinski definition) is 2. The van der Waals surface area contributed by atoms with Crippen LogP contribution in [-0.4, -0.2) is 19.2 Å². The molecule has 0 saturated heterocycles. The van der Waals surface area contributed by atoms with Gasteiger partial charge in [0.05, 0.1) is 12.7 Å². The fourth-order valence-electron chi connectivity index (χ4n) is 3.42. The first-order chi connectivity index (χ1) is 9.38. The summed E-state index contributed by atoms with van der Waals surface area (Å²) in [6.07, 6.45) is 6.84. The van der Waals surface area contributed by atoms with Gasteiger partial charge in [-0.2, -0.15) is 0 Å². The molecule has 0 spiro atoms. The molecule has 0 amide bonds. The van der Waals surface area contributed by atoms with Crippen LogP contribution < -0.4 is 5.32 Å². The Kier molecular flexibility index (Phi) is 4.19. The van der Waals surface area contributed by atoms with Gasteiger partial charge in [0.2, 0.25) is 0 Å². The molecule has 2 heteroatoms. The van der Waals surface area contributed by atoms with Crippen molar-refractivity contribution in [2.24, 2.45) is 5.92 Å². The minimum absolute atomic E-state index is 0.255. The molecule has 2 aliphatic rings. The van der Waals surface area contributed by atoms with Crippen LogP contribution in [0.25, 0.3) is 0 Å². The zero-order valence-corrected chi connectivity index (χ0v) is 11.9. The van der Waals surface area contributed by atoms with Gasteiger partial charge in [0, 0.05) is 6.04 Å². The van der Waals surface area contributed by atoms with Crippen LogP contribution in [0.5, 0.6) is 0 Å². The van der Waals surface area contributed by atoms with Crippen molar-refractivity contribution in [3.8, 4) is 0 Å². The van der Waals surface area contributed by atoms with E-state index in [1.165, 1.54) is 36.8 Å². The van der Waals surface area contributed by atoms with Gasteiger partial charge in [-0.15, -0.1) is 0 Å². The van der Waals surface area contributed by atoms with Crippen molar-refractivity contribution in [1.82, 2.24) is 5.32 Å². The number of ether oxygens (including phenoxy) is 1. The zero-order chi connectivity index (χ0) is 13.1. The summed E-state index contributed by atoms with van der Waals surface area (Å²) in [6.45, 7) is 4.09. The van der Waals surface area contributed by atoms with E-state index in [0.29, 0.717) is 6.04 Å². The quantitative estimate of drug-likeness (QED) is 0.874. The van der Waals surface area contributed by atoms with E-state index in [2.05, 4.69) is 36.5 Å². The number of benzene rings is 1. The predicted octanol–water partition coefficient (Wildman–Crippen LogP) is 3.47. The van der Waals surface area contributed by atoms with Gasteiger partial charge in [-0.1, -0.05) is 50.5 Å². The van der Waals surface area contributed by atoms with Crippen LogP contribution >= 0.6 is 0 Å². The summed E-state index contributed by atoms with van der Waals surface area (Å²) in [6, 6.07) is 9.29. The number of rotatable bonds is 5. The maximum absolute atomic E-state index is 6.13. The highest BCUT2D eigenvalue weighted by atomic mass is 16.5. The third kappa shape index (κ3) is 2.85. The fourth-order valence-corrected chi connectivity index (χ4v) is 3.42. The van der Waals surface area contributed by atoms with Crippen LogP contribution in [0.1, 0.15) is 49.8 Å². The summed E-state index contributed by atoms with van der Waals surface area (Å²) in [4.78, 5) is 0. The number of likely N-dealkylation sites (N-methyl/N-ethyl adjacent to an activating group) is 1. The Hall–Kier alpha value is -0.860. The Labute approximate surface area is 116 Å². The summed E-state index contributed by atoms with van der Waals surface area (Å²) < 4.78 is 6.13. The van der Waals surface area contributed by atoms with Crippen molar-refractivity contribution >= 4 is 0 Å².